The second-order valence-corrected chi connectivity index (χ2v) is 6.85. The predicted molar refractivity (Wildman–Crippen MR) is 106 cm³/mol. The van der Waals surface area contributed by atoms with Crippen molar-refractivity contribution in [2.24, 2.45) is 0 Å². The van der Waals surface area contributed by atoms with Crippen molar-refractivity contribution in [1.82, 2.24) is 0 Å². The molecule has 7 heteroatoms. The fourth-order valence-corrected chi connectivity index (χ4v) is 2.86. The Bertz CT molecular complexity index is 695. The lowest BCUT2D eigenvalue weighted by Crippen LogP contribution is -2.28. The molecule has 0 saturated heterocycles. The maximum atomic E-state index is 11.2. The molecule has 0 aliphatic carbocycles. The summed E-state index contributed by atoms with van der Waals surface area (Å²) in [5.41, 5.74) is 0.369. The second kappa shape index (κ2) is 9.88. The summed E-state index contributed by atoms with van der Waals surface area (Å²) in [5, 5.41) is 20.8. The van der Waals surface area contributed by atoms with E-state index in [0.29, 0.717) is 11.3 Å². The summed E-state index contributed by atoms with van der Waals surface area (Å²) in [5.74, 6) is 0.122. The summed E-state index contributed by atoms with van der Waals surface area (Å²) >= 11 is 5.96. The topological polar surface area (TPSA) is 76.0 Å². The molecule has 25 heavy (non-hydrogen) atoms. The van der Waals surface area contributed by atoms with E-state index < -0.39 is 18.2 Å². The number of carbonyl (C=O) groups is 1. The van der Waals surface area contributed by atoms with Crippen LogP contribution in [0.15, 0.2) is 48.5 Å². The number of phenols is 1. The maximum Gasteiger partial charge on any atom is 0.315 e. The van der Waals surface area contributed by atoms with Crippen LogP contribution < -0.4 is 4.74 Å². The smallest absolute Gasteiger partial charge is 0.315 e. The molecular weight excluding hydrogens is 455 g/mol. The number of phenolic OH excluding ortho intramolecular Hbond substituents is 1. The molecule has 0 saturated carbocycles. The highest BCUT2D eigenvalue weighted by Crippen LogP contribution is 2.31. The van der Waals surface area contributed by atoms with Gasteiger partial charge in [-0.15, -0.1) is 0 Å². The highest BCUT2D eigenvalue weighted by Gasteiger charge is 2.26. The van der Waals surface area contributed by atoms with Gasteiger partial charge in [0.05, 0.1) is 12.4 Å². The van der Waals surface area contributed by atoms with Gasteiger partial charge in [-0.25, -0.2) is 0 Å². The van der Waals surface area contributed by atoms with Gasteiger partial charge >= 0.3 is 5.97 Å². The average Bonchev–Trinajstić information content (AvgIpc) is 2.63. The zero-order chi connectivity index (χ0) is 18.2. The van der Waals surface area contributed by atoms with Crippen LogP contribution in [-0.2, 0) is 9.53 Å². The SMILES string of the molecule is O=C(CS)OCC[C@@H](Oc1ccccc1)[C@H](O)c1cc(I)ccc1O. The molecule has 2 atom stereocenters. The first-order valence-corrected chi connectivity index (χ1v) is 9.37. The van der Waals surface area contributed by atoms with Crippen LogP contribution in [0.3, 0.4) is 0 Å². The molecule has 0 aromatic heterocycles. The lowest BCUT2D eigenvalue weighted by Gasteiger charge is -2.25. The number of halogens is 1. The zero-order valence-electron chi connectivity index (χ0n) is 13.3. The molecule has 134 valence electrons. The number of aliphatic hydroxyl groups excluding tert-OH is 1. The lowest BCUT2D eigenvalue weighted by molar-refractivity contribution is -0.141. The third kappa shape index (κ3) is 6.09. The summed E-state index contributed by atoms with van der Waals surface area (Å²) in [6.07, 6.45) is -1.51. The van der Waals surface area contributed by atoms with Gasteiger partial charge in [-0.05, 0) is 52.9 Å². The Kier molecular flexibility index (Phi) is 7.86. The largest absolute Gasteiger partial charge is 0.508 e. The fraction of sp³-hybridized carbons (Fsp3) is 0.278. The Morgan fingerprint density at radius 2 is 1.92 bits per heavy atom. The number of aromatic hydroxyl groups is 1. The van der Waals surface area contributed by atoms with E-state index in [0.717, 1.165) is 3.57 Å². The van der Waals surface area contributed by atoms with Gasteiger partial charge in [0.15, 0.2) is 0 Å². The van der Waals surface area contributed by atoms with Crippen molar-refractivity contribution in [2.45, 2.75) is 18.6 Å². The van der Waals surface area contributed by atoms with Gasteiger partial charge in [0.1, 0.15) is 23.7 Å². The van der Waals surface area contributed by atoms with E-state index in [2.05, 4.69) is 35.2 Å². The van der Waals surface area contributed by atoms with Gasteiger partial charge in [-0.1, -0.05) is 18.2 Å². The third-order valence-corrected chi connectivity index (χ3v) is 4.41. The number of hydrogen-bond acceptors (Lipinski definition) is 6. The van der Waals surface area contributed by atoms with Crippen molar-refractivity contribution < 1.29 is 24.5 Å². The number of hydrogen-bond donors (Lipinski definition) is 3. The van der Waals surface area contributed by atoms with Crippen LogP contribution in [0.4, 0.5) is 0 Å². The molecule has 2 rings (SSSR count). The third-order valence-electron chi connectivity index (χ3n) is 3.49. The molecule has 5 nitrogen and oxygen atoms in total. The summed E-state index contributed by atoms with van der Waals surface area (Å²) in [6, 6.07) is 14.0. The number of ether oxygens (including phenoxy) is 2. The van der Waals surface area contributed by atoms with Crippen molar-refractivity contribution in [3.8, 4) is 11.5 Å². The van der Waals surface area contributed by atoms with Gasteiger partial charge in [-0.3, -0.25) is 4.79 Å². The summed E-state index contributed by atoms with van der Waals surface area (Å²) in [6.45, 7) is 0.0820. The molecule has 0 aliphatic rings. The zero-order valence-corrected chi connectivity index (χ0v) is 16.4. The van der Waals surface area contributed by atoms with E-state index >= 15 is 0 Å². The van der Waals surface area contributed by atoms with Crippen LogP contribution in [0.2, 0.25) is 0 Å². The standard InChI is InChI=1S/C18H19IO5S/c19-12-6-7-15(20)14(10-12)18(22)16(8-9-23-17(21)11-25)24-13-4-2-1-3-5-13/h1-7,10,16,18,20,22,25H,8-9,11H2/t16-,18-/m1/s1. The number of para-hydroxylation sites is 1. The minimum Gasteiger partial charge on any atom is -0.508 e. The monoisotopic (exact) mass is 474 g/mol. The van der Waals surface area contributed by atoms with Crippen LogP contribution >= 0.6 is 35.2 Å². The van der Waals surface area contributed by atoms with E-state index in [9.17, 15) is 15.0 Å². The van der Waals surface area contributed by atoms with E-state index in [1.807, 2.05) is 18.2 Å². The van der Waals surface area contributed by atoms with Crippen molar-refractivity contribution in [3.63, 3.8) is 0 Å². The first-order valence-electron chi connectivity index (χ1n) is 7.66. The van der Waals surface area contributed by atoms with Gasteiger partial charge in [-0.2, -0.15) is 12.6 Å². The molecule has 0 spiro atoms. The van der Waals surface area contributed by atoms with Crippen molar-refractivity contribution in [3.05, 3.63) is 57.7 Å². The Hall–Kier alpha value is -1.45. The summed E-state index contributed by atoms with van der Waals surface area (Å²) in [7, 11) is 0. The number of esters is 1. The molecule has 0 heterocycles. The van der Waals surface area contributed by atoms with Crippen molar-refractivity contribution in [1.29, 1.82) is 0 Å². The fourth-order valence-electron chi connectivity index (χ4n) is 2.25. The number of thiol groups is 1. The van der Waals surface area contributed by atoms with Crippen LogP contribution in [0.25, 0.3) is 0 Å². The molecule has 0 amide bonds. The minimum atomic E-state index is -1.08. The highest BCUT2D eigenvalue weighted by atomic mass is 127. The van der Waals surface area contributed by atoms with Crippen LogP contribution in [-0.4, -0.2) is 34.6 Å². The van der Waals surface area contributed by atoms with E-state index in [4.69, 9.17) is 9.47 Å². The number of benzene rings is 2. The van der Waals surface area contributed by atoms with E-state index in [1.54, 1.807) is 24.3 Å². The Morgan fingerprint density at radius 1 is 1.20 bits per heavy atom. The van der Waals surface area contributed by atoms with Gasteiger partial charge < -0.3 is 19.7 Å². The number of carbonyl (C=O) groups excluding carboxylic acids is 1. The van der Waals surface area contributed by atoms with Crippen molar-refractivity contribution in [2.75, 3.05) is 12.4 Å². The number of rotatable bonds is 8. The van der Waals surface area contributed by atoms with Gasteiger partial charge in [0.2, 0.25) is 0 Å². The normalized spacial score (nSPS) is 13.1. The Labute approximate surface area is 165 Å². The first kappa shape index (κ1) is 19.9. The molecule has 0 aliphatic heterocycles. The number of aliphatic hydroxyl groups is 1. The quantitative estimate of drug-likeness (QED) is 0.311. The van der Waals surface area contributed by atoms with Crippen LogP contribution in [0.1, 0.15) is 18.1 Å². The highest BCUT2D eigenvalue weighted by molar-refractivity contribution is 14.1. The first-order chi connectivity index (χ1) is 12.0. The van der Waals surface area contributed by atoms with E-state index in [-0.39, 0.29) is 24.5 Å². The van der Waals surface area contributed by atoms with Gasteiger partial charge in [0.25, 0.3) is 0 Å². The van der Waals surface area contributed by atoms with Crippen LogP contribution in [0, 0.1) is 3.57 Å². The second-order valence-electron chi connectivity index (χ2n) is 5.28. The average molecular weight is 474 g/mol. The minimum absolute atomic E-state index is 0.00949. The summed E-state index contributed by atoms with van der Waals surface area (Å²) in [4.78, 5) is 11.2. The molecule has 0 fully saturated rings. The molecule has 2 aromatic carbocycles. The molecule has 2 N–H and O–H groups in total. The predicted octanol–water partition coefficient (Wildman–Crippen LogP) is 3.34. The molecule has 0 bridgehead atoms. The van der Waals surface area contributed by atoms with Gasteiger partial charge in [0, 0.05) is 15.6 Å². The van der Waals surface area contributed by atoms with Crippen LogP contribution in [0.5, 0.6) is 11.5 Å². The maximum absolute atomic E-state index is 11.2. The summed E-state index contributed by atoms with van der Waals surface area (Å²) < 4.78 is 11.8. The lowest BCUT2D eigenvalue weighted by atomic mass is 10.0. The van der Waals surface area contributed by atoms with E-state index in [1.165, 1.54) is 6.07 Å². The van der Waals surface area contributed by atoms with Crippen molar-refractivity contribution >= 4 is 41.2 Å². The Morgan fingerprint density at radius 3 is 2.60 bits per heavy atom. The Balaban J connectivity index is 2.16. The molecule has 2 aromatic rings. The molecule has 0 unspecified atom stereocenters. The molecule has 0 radical (unpaired) electrons. The molecular formula is C18H19IO5S.